The van der Waals surface area contributed by atoms with E-state index in [9.17, 15) is 14.4 Å². The maximum absolute atomic E-state index is 12.9. The van der Waals surface area contributed by atoms with Crippen LogP contribution in [0.25, 0.3) is 0 Å². The van der Waals surface area contributed by atoms with Gasteiger partial charge in [-0.05, 0) is 122 Å². The summed E-state index contributed by atoms with van der Waals surface area (Å²) in [5.74, 6) is -0.937. The maximum Gasteiger partial charge on any atom is 0.306 e. The number of ether oxygens (including phenoxy) is 3. The van der Waals surface area contributed by atoms with Crippen LogP contribution in [0.1, 0.15) is 329 Å². The molecule has 464 valence electrons. The van der Waals surface area contributed by atoms with E-state index in [1.54, 1.807) is 0 Å². The summed E-state index contributed by atoms with van der Waals surface area (Å²) in [6.45, 7) is 6.39. The Morgan fingerprint density at radius 3 is 0.778 bits per heavy atom. The van der Waals surface area contributed by atoms with Crippen LogP contribution in [-0.4, -0.2) is 37.2 Å². The van der Waals surface area contributed by atoms with Gasteiger partial charge in [0.1, 0.15) is 13.2 Å². The number of hydrogen-bond acceptors (Lipinski definition) is 6. The van der Waals surface area contributed by atoms with Crippen LogP contribution in [0.3, 0.4) is 0 Å². The Morgan fingerprint density at radius 2 is 0.481 bits per heavy atom. The highest BCUT2D eigenvalue weighted by molar-refractivity contribution is 5.71. The Hall–Kier alpha value is -3.93. The lowest BCUT2D eigenvalue weighted by Crippen LogP contribution is -2.30. The minimum absolute atomic E-state index is 0.0942. The van der Waals surface area contributed by atoms with Crippen LogP contribution in [-0.2, 0) is 28.6 Å². The lowest BCUT2D eigenvalue weighted by molar-refractivity contribution is -0.167. The van der Waals surface area contributed by atoms with Crippen LogP contribution < -0.4 is 0 Å². The average Bonchev–Trinajstić information content (AvgIpc) is 3.47. The molecule has 0 aliphatic carbocycles. The van der Waals surface area contributed by atoms with Gasteiger partial charge in [0.2, 0.25) is 0 Å². The number of carbonyl (C=O) groups is 3. The number of allylic oxidation sites excluding steroid dienone is 18. The monoisotopic (exact) mass is 1120 g/mol. The van der Waals surface area contributed by atoms with Crippen molar-refractivity contribution in [2.45, 2.75) is 335 Å². The van der Waals surface area contributed by atoms with Gasteiger partial charge >= 0.3 is 17.9 Å². The van der Waals surface area contributed by atoms with E-state index in [-0.39, 0.29) is 31.1 Å². The first-order valence-electron chi connectivity index (χ1n) is 34.4. The highest BCUT2D eigenvalue weighted by Gasteiger charge is 2.19. The van der Waals surface area contributed by atoms with Crippen LogP contribution in [0.15, 0.2) is 109 Å². The molecule has 0 aromatic carbocycles. The average molecular weight is 1130 g/mol. The van der Waals surface area contributed by atoms with Crippen LogP contribution in [0.5, 0.6) is 0 Å². The number of hydrogen-bond donors (Lipinski definition) is 0. The zero-order valence-corrected chi connectivity index (χ0v) is 53.3. The van der Waals surface area contributed by atoms with Crippen molar-refractivity contribution in [3.63, 3.8) is 0 Å². The number of carbonyl (C=O) groups excluding carboxylic acids is 3. The fourth-order valence-corrected chi connectivity index (χ4v) is 9.66. The van der Waals surface area contributed by atoms with E-state index in [1.807, 2.05) is 0 Å². The van der Waals surface area contributed by atoms with Crippen molar-refractivity contribution >= 4 is 17.9 Å². The van der Waals surface area contributed by atoms with Crippen molar-refractivity contribution in [1.29, 1.82) is 0 Å². The van der Waals surface area contributed by atoms with Gasteiger partial charge in [0, 0.05) is 19.3 Å². The van der Waals surface area contributed by atoms with E-state index in [0.717, 1.165) is 116 Å². The van der Waals surface area contributed by atoms with Crippen molar-refractivity contribution in [2.75, 3.05) is 13.2 Å². The summed E-state index contributed by atoms with van der Waals surface area (Å²) < 4.78 is 16.9. The molecule has 1 atom stereocenters. The fraction of sp³-hybridized carbons (Fsp3) is 0.720. The van der Waals surface area contributed by atoms with Gasteiger partial charge in [-0.15, -0.1) is 0 Å². The SMILES string of the molecule is CC/C=C\C/C=C\C/C=C\C/C=C\CCCCC(=O)OCC(COC(=O)CCCCCCCCCCCCCCCCCCCCC/C=C\C/C=C\CCCCCCC)OC(=O)CCCCCCCCC/C=C\C/C=C\C/C=C\CC. The van der Waals surface area contributed by atoms with E-state index in [2.05, 4.69) is 130 Å². The van der Waals surface area contributed by atoms with E-state index >= 15 is 0 Å². The van der Waals surface area contributed by atoms with Crippen molar-refractivity contribution in [3.05, 3.63) is 109 Å². The fourth-order valence-electron chi connectivity index (χ4n) is 9.66. The van der Waals surface area contributed by atoms with Crippen LogP contribution >= 0.6 is 0 Å². The topological polar surface area (TPSA) is 78.9 Å². The second kappa shape index (κ2) is 68.6. The molecule has 0 aromatic heterocycles. The molecule has 0 spiro atoms. The molecule has 0 saturated carbocycles. The molecule has 0 aliphatic heterocycles. The van der Waals surface area contributed by atoms with Crippen molar-refractivity contribution in [1.82, 2.24) is 0 Å². The molecule has 6 heteroatoms. The molecule has 0 saturated heterocycles. The molecule has 6 nitrogen and oxygen atoms in total. The highest BCUT2D eigenvalue weighted by Crippen LogP contribution is 2.17. The molecule has 0 radical (unpaired) electrons. The zero-order valence-electron chi connectivity index (χ0n) is 53.3. The van der Waals surface area contributed by atoms with Gasteiger partial charge in [-0.2, -0.15) is 0 Å². The van der Waals surface area contributed by atoms with Crippen LogP contribution in [0, 0.1) is 0 Å². The van der Waals surface area contributed by atoms with Crippen LogP contribution in [0.4, 0.5) is 0 Å². The Morgan fingerprint density at radius 1 is 0.259 bits per heavy atom. The van der Waals surface area contributed by atoms with Gasteiger partial charge in [-0.3, -0.25) is 14.4 Å². The summed E-state index contributed by atoms with van der Waals surface area (Å²) in [7, 11) is 0. The third-order valence-electron chi connectivity index (χ3n) is 14.7. The first kappa shape index (κ1) is 77.1. The minimum Gasteiger partial charge on any atom is -0.462 e. The van der Waals surface area contributed by atoms with Crippen LogP contribution in [0.2, 0.25) is 0 Å². The predicted molar refractivity (Wildman–Crippen MR) is 353 cm³/mol. The second-order valence-electron chi connectivity index (χ2n) is 22.7. The molecular weight excluding hydrogens is 997 g/mol. The quantitative estimate of drug-likeness (QED) is 0.0261. The largest absolute Gasteiger partial charge is 0.462 e. The highest BCUT2D eigenvalue weighted by atomic mass is 16.6. The smallest absolute Gasteiger partial charge is 0.306 e. The molecule has 81 heavy (non-hydrogen) atoms. The molecule has 0 rings (SSSR count). The summed E-state index contributed by atoms with van der Waals surface area (Å²) in [5, 5.41) is 0. The molecule has 0 N–H and O–H groups in total. The first-order valence-corrected chi connectivity index (χ1v) is 34.4. The summed E-state index contributed by atoms with van der Waals surface area (Å²) in [6, 6.07) is 0. The lowest BCUT2D eigenvalue weighted by Gasteiger charge is -2.18. The second-order valence-corrected chi connectivity index (χ2v) is 22.7. The molecule has 0 aromatic rings. The predicted octanol–water partition coefficient (Wildman–Crippen LogP) is 23.8. The lowest BCUT2D eigenvalue weighted by atomic mass is 10.0. The van der Waals surface area contributed by atoms with Crippen molar-refractivity contribution in [2.24, 2.45) is 0 Å². The molecule has 0 aliphatic rings. The third kappa shape index (κ3) is 66.8. The minimum atomic E-state index is -0.802. The molecule has 1 unspecified atom stereocenters. The molecule has 0 fully saturated rings. The summed E-state index contributed by atoms with van der Waals surface area (Å²) >= 11 is 0. The van der Waals surface area contributed by atoms with Gasteiger partial charge in [-0.1, -0.05) is 297 Å². The van der Waals surface area contributed by atoms with Gasteiger partial charge in [0.15, 0.2) is 6.10 Å². The molecule has 0 amide bonds. The molecule has 0 heterocycles. The maximum atomic E-state index is 12.9. The Kier molecular flexibility index (Phi) is 65.2. The van der Waals surface area contributed by atoms with E-state index in [1.165, 1.54) is 173 Å². The standard InChI is InChI=1S/C75H128O6/c1-4-7-10-13-16-19-22-25-28-30-31-32-33-34-35-36-37-38-39-40-41-42-43-45-47-50-53-56-59-62-65-68-74(77)80-71-72(70-79-73(76)67-64-61-58-55-52-49-46-27-24-21-18-15-12-9-6-3)81-75(78)69-66-63-60-57-54-51-48-44-29-26-23-20-17-14-11-8-5-2/h8-9,11-12,17-18,20-22,25-27,29-31,46,52,55,72H,4-7,10,13-16,19,23-24,28,32-45,47-51,53-54,56-71H2,1-3H3/b11-8-,12-9-,20-17-,21-18-,25-22-,29-26-,31-30-,46-27-,55-52-. The van der Waals surface area contributed by atoms with Gasteiger partial charge < -0.3 is 14.2 Å². The molecule has 0 bridgehead atoms. The van der Waals surface area contributed by atoms with E-state index < -0.39 is 6.10 Å². The van der Waals surface area contributed by atoms with Crippen molar-refractivity contribution < 1.29 is 28.6 Å². The summed E-state index contributed by atoms with van der Waals surface area (Å²) in [6.07, 6.45) is 94.1. The number of rotatable bonds is 62. The number of unbranched alkanes of at least 4 members (excludes halogenated alkanes) is 33. The molecular formula is C75H128O6. The summed E-state index contributed by atoms with van der Waals surface area (Å²) in [5.41, 5.74) is 0. The third-order valence-corrected chi connectivity index (χ3v) is 14.7. The first-order chi connectivity index (χ1) is 40.0. The normalized spacial score (nSPS) is 12.8. The zero-order chi connectivity index (χ0) is 58.5. The summed E-state index contributed by atoms with van der Waals surface area (Å²) in [4.78, 5) is 38.4. The van der Waals surface area contributed by atoms with Crippen molar-refractivity contribution in [3.8, 4) is 0 Å². The van der Waals surface area contributed by atoms with Gasteiger partial charge in [0.05, 0.1) is 0 Å². The number of esters is 3. The van der Waals surface area contributed by atoms with Gasteiger partial charge in [-0.25, -0.2) is 0 Å². The Labute approximate surface area is 501 Å². The van der Waals surface area contributed by atoms with E-state index in [0.29, 0.717) is 19.3 Å². The van der Waals surface area contributed by atoms with Gasteiger partial charge in [0.25, 0.3) is 0 Å². The van der Waals surface area contributed by atoms with E-state index in [4.69, 9.17) is 14.2 Å². The Balaban J connectivity index is 4.25. The Bertz CT molecular complexity index is 1620.